The fraction of sp³-hybridized carbons (Fsp3) is 0.500. The highest BCUT2D eigenvalue weighted by molar-refractivity contribution is 6.74. The van der Waals surface area contributed by atoms with Crippen LogP contribution in [0.25, 0.3) is 0 Å². The smallest absolute Gasteiger partial charge is 0.322 e. The molecule has 1 aliphatic rings. The molecule has 0 spiro atoms. The minimum Gasteiger partial charge on any atom is -0.415 e. The number of hydrogen-bond donors (Lipinski definition) is 1. The van der Waals surface area contributed by atoms with E-state index >= 15 is 0 Å². The summed E-state index contributed by atoms with van der Waals surface area (Å²) in [5, 5.41) is 10.4. The van der Waals surface area contributed by atoms with Crippen LogP contribution in [0.5, 0.6) is 0 Å². The minimum atomic E-state index is -1.95. The Kier molecular flexibility index (Phi) is 8.34. The predicted octanol–water partition coefficient (Wildman–Crippen LogP) is 4.72. The third-order valence-corrected chi connectivity index (χ3v) is 11.3. The van der Waals surface area contributed by atoms with E-state index in [-0.39, 0.29) is 23.7 Å². The number of urea groups is 1. The number of carbonyl (C=O) groups excluding carboxylic acids is 1. The van der Waals surface area contributed by atoms with E-state index in [1.165, 1.54) is 0 Å². The molecule has 0 unspecified atom stereocenters. The molecule has 1 aliphatic heterocycles. The fourth-order valence-electron chi connectivity index (χ4n) is 3.67. The second kappa shape index (κ2) is 10.8. The summed E-state index contributed by atoms with van der Waals surface area (Å²) in [6.07, 6.45) is 0. The fourth-order valence-corrected chi connectivity index (χ4v) is 4.71. The van der Waals surface area contributed by atoms with Gasteiger partial charge in [-0.1, -0.05) is 81.4 Å². The summed E-state index contributed by atoms with van der Waals surface area (Å²) in [5.74, 6) is 0. The maximum absolute atomic E-state index is 13.4. The van der Waals surface area contributed by atoms with E-state index in [1.807, 2.05) is 70.5 Å². The van der Waals surface area contributed by atoms with Crippen molar-refractivity contribution in [2.24, 2.45) is 0 Å². The van der Waals surface area contributed by atoms with Gasteiger partial charge in [0.05, 0.1) is 32.6 Å². The van der Waals surface area contributed by atoms with Crippen molar-refractivity contribution < 1.29 is 14.3 Å². The molecule has 2 amide bonds. The van der Waals surface area contributed by atoms with Crippen molar-refractivity contribution in [1.29, 1.82) is 0 Å². The molecule has 6 nitrogen and oxygen atoms in total. The molecule has 1 atom stereocenters. The van der Waals surface area contributed by atoms with Crippen LogP contribution in [-0.2, 0) is 17.5 Å². The van der Waals surface area contributed by atoms with Crippen LogP contribution < -0.4 is 0 Å². The molecule has 0 aromatic heterocycles. The molecule has 33 heavy (non-hydrogen) atoms. The maximum atomic E-state index is 13.4. The third-order valence-electron chi connectivity index (χ3n) is 6.85. The SMILES string of the molecule is CC(C)(C)[Si](C)(C)OC[C@H](CO)N1CN(Cc2ccccc2)C(=O)N(Cc2ccccc2)C1. The second-order valence-electron chi connectivity index (χ2n) is 10.4. The van der Waals surface area contributed by atoms with Crippen molar-refractivity contribution in [3.8, 4) is 0 Å². The van der Waals surface area contributed by atoms with E-state index in [0.29, 0.717) is 33.0 Å². The zero-order chi connectivity index (χ0) is 24.1. The van der Waals surface area contributed by atoms with Crippen LogP contribution in [0.3, 0.4) is 0 Å². The van der Waals surface area contributed by atoms with Crippen molar-refractivity contribution in [2.75, 3.05) is 26.6 Å². The lowest BCUT2D eigenvalue weighted by Gasteiger charge is -2.46. The Labute approximate surface area is 199 Å². The van der Waals surface area contributed by atoms with E-state index in [4.69, 9.17) is 4.43 Å². The first-order chi connectivity index (χ1) is 15.6. The first-order valence-corrected chi connectivity index (χ1v) is 14.6. The molecule has 180 valence electrons. The number of carbonyl (C=O) groups is 1. The molecular weight excluding hydrogens is 430 g/mol. The number of aliphatic hydroxyl groups excluding tert-OH is 1. The first kappa shape index (κ1) is 25.4. The highest BCUT2D eigenvalue weighted by Gasteiger charge is 2.39. The van der Waals surface area contributed by atoms with E-state index in [0.717, 1.165) is 11.1 Å². The van der Waals surface area contributed by atoms with Gasteiger partial charge in [0, 0.05) is 13.1 Å². The van der Waals surface area contributed by atoms with Gasteiger partial charge in [-0.15, -0.1) is 0 Å². The highest BCUT2D eigenvalue weighted by atomic mass is 28.4. The van der Waals surface area contributed by atoms with Crippen LogP contribution in [0.4, 0.5) is 4.79 Å². The van der Waals surface area contributed by atoms with Gasteiger partial charge in [-0.25, -0.2) is 4.79 Å². The monoisotopic (exact) mass is 469 g/mol. The lowest BCUT2D eigenvalue weighted by molar-refractivity contribution is -0.0253. The van der Waals surface area contributed by atoms with E-state index in [1.54, 1.807) is 0 Å². The average molecular weight is 470 g/mol. The number of hydrogen-bond acceptors (Lipinski definition) is 4. The Bertz CT molecular complexity index is 833. The Morgan fingerprint density at radius 2 is 1.36 bits per heavy atom. The molecule has 1 saturated heterocycles. The quantitative estimate of drug-likeness (QED) is 0.540. The van der Waals surface area contributed by atoms with Crippen LogP contribution in [-0.4, -0.2) is 66.7 Å². The van der Waals surface area contributed by atoms with Gasteiger partial charge in [-0.2, -0.15) is 0 Å². The standard InChI is InChI=1S/C26H39N3O3Si/c1-26(2,3)33(4,5)32-19-24(18-30)29-20-27(16-22-12-8-6-9-13-22)25(31)28(21-29)17-23-14-10-7-11-15-23/h6-15,24,30H,16-21H2,1-5H3/t24-/m0/s1. The molecule has 2 aromatic rings. The lowest BCUT2D eigenvalue weighted by atomic mass is 10.2. The topological polar surface area (TPSA) is 56.3 Å². The molecule has 0 bridgehead atoms. The molecular formula is C26H39N3O3Si. The molecule has 1 N–H and O–H groups in total. The molecule has 2 aromatic carbocycles. The van der Waals surface area contributed by atoms with Crippen molar-refractivity contribution in [3.05, 3.63) is 71.8 Å². The van der Waals surface area contributed by atoms with E-state index in [9.17, 15) is 9.90 Å². The summed E-state index contributed by atoms with van der Waals surface area (Å²) in [6.45, 7) is 13.5. The van der Waals surface area contributed by atoms with Gasteiger partial charge in [0.25, 0.3) is 0 Å². The van der Waals surface area contributed by atoms with Gasteiger partial charge in [-0.05, 0) is 29.3 Å². The van der Waals surface area contributed by atoms with Crippen LogP contribution in [0, 0.1) is 0 Å². The summed E-state index contributed by atoms with van der Waals surface area (Å²) in [4.78, 5) is 19.3. The molecule has 3 rings (SSSR count). The number of benzene rings is 2. The third kappa shape index (κ3) is 6.66. The van der Waals surface area contributed by atoms with Gasteiger partial charge in [0.15, 0.2) is 8.32 Å². The Hall–Kier alpha value is -2.19. The predicted molar refractivity (Wildman–Crippen MR) is 135 cm³/mol. The molecule has 0 saturated carbocycles. The van der Waals surface area contributed by atoms with E-state index < -0.39 is 8.32 Å². The molecule has 0 radical (unpaired) electrons. The summed E-state index contributed by atoms with van der Waals surface area (Å²) in [6, 6.07) is 19.9. The molecule has 0 aliphatic carbocycles. The Balaban J connectivity index is 1.78. The summed E-state index contributed by atoms with van der Waals surface area (Å²) < 4.78 is 6.45. The molecule has 1 heterocycles. The first-order valence-electron chi connectivity index (χ1n) is 11.7. The van der Waals surface area contributed by atoms with Gasteiger partial charge in [0.2, 0.25) is 0 Å². The van der Waals surface area contributed by atoms with Crippen LogP contribution in [0.1, 0.15) is 31.9 Å². The summed E-state index contributed by atoms with van der Waals surface area (Å²) >= 11 is 0. The van der Waals surface area contributed by atoms with Crippen LogP contribution in [0.2, 0.25) is 18.1 Å². The van der Waals surface area contributed by atoms with Crippen molar-refractivity contribution in [3.63, 3.8) is 0 Å². The zero-order valence-electron chi connectivity index (χ0n) is 20.7. The lowest BCUT2D eigenvalue weighted by Crippen LogP contribution is -2.61. The summed E-state index contributed by atoms with van der Waals surface area (Å²) in [5.41, 5.74) is 2.18. The van der Waals surface area contributed by atoms with Crippen LogP contribution in [0.15, 0.2) is 60.7 Å². The number of aliphatic hydroxyl groups is 1. The Morgan fingerprint density at radius 1 is 0.909 bits per heavy atom. The van der Waals surface area contributed by atoms with E-state index in [2.05, 4.69) is 38.8 Å². The van der Waals surface area contributed by atoms with Gasteiger partial charge in [-0.3, -0.25) is 4.90 Å². The normalized spacial score (nSPS) is 16.8. The largest absolute Gasteiger partial charge is 0.415 e. The zero-order valence-corrected chi connectivity index (χ0v) is 21.7. The van der Waals surface area contributed by atoms with Crippen LogP contribution >= 0.6 is 0 Å². The molecule has 7 heteroatoms. The van der Waals surface area contributed by atoms with Crippen molar-refractivity contribution >= 4 is 14.3 Å². The number of nitrogens with zero attached hydrogens (tertiary/aromatic N) is 3. The van der Waals surface area contributed by atoms with Gasteiger partial charge >= 0.3 is 6.03 Å². The van der Waals surface area contributed by atoms with Crippen molar-refractivity contribution in [1.82, 2.24) is 14.7 Å². The second-order valence-corrected chi connectivity index (χ2v) is 15.2. The molecule has 1 fully saturated rings. The Morgan fingerprint density at radius 3 is 1.76 bits per heavy atom. The number of amides is 2. The highest BCUT2D eigenvalue weighted by Crippen LogP contribution is 2.36. The average Bonchev–Trinajstić information content (AvgIpc) is 2.78. The minimum absolute atomic E-state index is 0.0127. The number of rotatable bonds is 9. The van der Waals surface area contributed by atoms with Gasteiger partial charge < -0.3 is 19.3 Å². The maximum Gasteiger partial charge on any atom is 0.322 e. The summed E-state index contributed by atoms with van der Waals surface area (Å²) in [7, 11) is -1.95. The van der Waals surface area contributed by atoms with Gasteiger partial charge in [0.1, 0.15) is 0 Å². The van der Waals surface area contributed by atoms with Crippen molar-refractivity contribution in [2.45, 2.75) is 58.0 Å².